The fourth-order valence-electron chi connectivity index (χ4n) is 4.20. The first-order valence-electron chi connectivity index (χ1n) is 12.6. The number of para-hydroxylation sites is 1. The topological polar surface area (TPSA) is 94.8 Å². The van der Waals surface area contributed by atoms with Crippen molar-refractivity contribution in [3.8, 4) is 11.8 Å². The molecule has 1 saturated heterocycles. The van der Waals surface area contributed by atoms with Crippen molar-refractivity contribution in [1.82, 2.24) is 19.4 Å². The highest BCUT2D eigenvalue weighted by Gasteiger charge is 2.24. The van der Waals surface area contributed by atoms with E-state index in [0.29, 0.717) is 45.6 Å². The van der Waals surface area contributed by atoms with E-state index in [1.54, 1.807) is 28.1 Å². The molecule has 9 nitrogen and oxygen atoms in total. The number of piperidine rings is 1. The summed E-state index contributed by atoms with van der Waals surface area (Å²) in [5.74, 6) is 6.38. The molecule has 2 amide bonds. The molecule has 0 aliphatic carbocycles. The van der Waals surface area contributed by atoms with Crippen LogP contribution in [-0.2, 0) is 21.3 Å². The van der Waals surface area contributed by atoms with Gasteiger partial charge in [-0.1, -0.05) is 17.9 Å². The van der Waals surface area contributed by atoms with Gasteiger partial charge in [0.15, 0.2) is 0 Å². The Kier molecular flexibility index (Phi) is 9.21. The zero-order valence-corrected chi connectivity index (χ0v) is 22.1. The molecule has 1 aromatic heterocycles. The van der Waals surface area contributed by atoms with Gasteiger partial charge in [-0.25, -0.2) is 9.59 Å². The minimum absolute atomic E-state index is 0.0291. The zero-order chi connectivity index (χ0) is 26.3. The molecular weight excluding hydrogens is 460 g/mol. The predicted octanol–water partition coefficient (Wildman–Crippen LogP) is 3.20. The highest BCUT2D eigenvalue weighted by atomic mass is 16.6. The molecule has 0 radical (unpaired) electrons. The number of ether oxygens (including phenoxy) is 2. The summed E-state index contributed by atoms with van der Waals surface area (Å²) >= 11 is 0. The predicted molar refractivity (Wildman–Crippen MR) is 139 cm³/mol. The van der Waals surface area contributed by atoms with Crippen molar-refractivity contribution in [3.63, 3.8) is 0 Å². The number of nitrogens with zero attached hydrogens (tertiary/aromatic N) is 3. The lowest BCUT2D eigenvalue weighted by molar-refractivity contribution is -0.122. The van der Waals surface area contributed by atoms with Gasteiger partial charge >= 0.3 is 11.8 Å². The summed E-state index contributed by atoms with van der Waals surface area (Å²) in [7, 11) is 3.50. The summed E-state index contributed by atoms with van der Waals surface area (Å²) in [5.41, 5.74) is 1.86. The van der Waals surface area contributed by atoms with Crippen LogP contribution in [0.4, 0.5) is 4.79 Å². The first-order chi connectivity index (χ1) is 17.1. The van der Waals surface area contributed by atoms with Crippen LogP contribution in [0.3, 0.4) is 0 Å². The maximum absolute atomic E-state index is 13.0. The van der Waals surface area contributed by atoms with E-state index in [2.05, 4.69) is 17.2 Å². The van der Waals surface area contributed by atoms with Gasteiger partial charge in [-0.15, -0.1) is 0 Å². The summed E-state index contributed by atoms with van der Waals surface area (Å²) in [6.07, 6.45) is 3.02. The third kappa shape index (κ3) is 7.14. The van der Waals surface area contributed by atoms with E-state index in [4.69, 9.17) is 9.47 Å². The quantitative estimate of drug-likeness (QED) is 0.446. The number of nitrogens with one attached hydrogen (secondary N) is 1. The largest absolute Gasteiger partial charge is 0.444 e. The Morgan fingerprint density at radius 3 is 2.69 bits per heavy atom. The molecule has 2 aromatic rings. The number of carbonyl (C=O) groups is 2. The number of aryl methyl sites for hydroxylation is 1. The molecule has 1 aromatic carbocycles. The maximum Gasteiger partial charge on any atom is 0.410 e. The molecule has 1 fully saturated rings. The second-order valence-corrected chi connectivity index (χ2v) is 10.2. The first-order valence-corrected chi connectivity index (χ1v) is 12.6. The number of unbranched alkanes of at least 4 members (excludes halogenated alkanes) is 1. The Labute approximate surface area is 212 Å². The SMILES string of the molecule is CN(CCCCOCCC#Cc1cccc2c1n(C)c(=O)n2C1CCC(=O)NC1)C(=O)OC(C)(C)C. The standard InChI is InChI=1S/C27H38N4O5/c1-27(2,3)36-26(34)29(4)16-7-9-18-35-17-8-6-11-20-12-10-13-22-24(20)30(5)25(33)31(22)21-14-15-23(32)28-19-21/h10,12-13,21H,7-9,14-19H2,1-5H3,(H,28,32). The van der Waals surface area contributed by atoms with E-state index >= 15 is 0 Å². The molecule has 1 aliphatic heterocycles. The number of hydrogen-bond donors (Lipinski definition) is 1. The maximum atomic E-state index is 13.0. The van der Waals surface area contributed by atoms with Crippen LogP contribution in [-0.4, -0.2) is 65.0 Å². The number of amides is 2. The van der Waals surface area contributed by atoms with Gasteiger partial charge in [-0.05, 0) is 52.2 Å². The normalized spacial score (nSPS) is 15.8. The molecule has 3 rings (SSSR count). The number of hydrogen-bond acceptors (Lipinski definition) is 5. The van der Waals surface area contributed by atoms with E-state index < -0.39 is 5.60 Å². The fourth-order valence-corrected chi connectivity index (χ4v) is 4.20. The van der Waals surface area contributed by atoms with E-state index in [-0.39, 0.29) is 23.7 Å². The molecular formula is C27H38N4O5. The molecule has 1 N–H and O–H groups in total. The summed E-state index contributed by atoms with van der Waals surface area (Å²) in [6.45, 7) is 7.77. The van der Waals surface area contributed by atoms with Crippen molar-refractivity contribution in [2.75, 3.05) is 33.4 Å². The fraction of sp³-hybridized carbons (Fsp3) is 0.593. The van der Waals surface area contributed by atoms with Crippen LogP contribution in [0.5, 0.6) is 0 Å². The van der Waals surface area contributed by atoms with E-state index in [0.717, 1.165) is 29.4 Å². The minimum Gasteiger partial charge on any atom is -0.444 e. The summed E-state index contributed by atoms with van der Waals surface area (Å²) < 4.78 is 14.4. The second kappa shape index (κ2) is 12.1. The van der Waals surface area contributed by atoms with Crippen LogP contribution < -0.4 is 11.0 Å². The van der Waals surface area contributed by atoms with Crippen LogP contribution in [0.1, 0.15) is 64.5 Å². The number of rotatable bonds is 8. The molecule has 2 heterocycles. The van der Waals surface area contributed by atoms with E-state index in [1.165, 1.54) is 0 Å². The van der Waals surface area contributed by atoms with Gasteiger partial charge in [0, 0.05) is 46.6 Å². The first kappa shape index (κ1) is 27.3. The van der Waals surface area contributed by atoms with Crippen molar-refractivity contribution >= 4 is 23.0 Å². The summed E-state index contributed by atoms with van der Waals surface area (Å²) in [5, 5.41) is 2.86. The molecule has 1 unspecified atom stereocenters. The van der Waals surface area contributed by atoms with Gasteiger partial charge in [0.25, 0.3) is 0 Å². The van der Waals surface area contributed by atoms with Crippen LogP contribution in [0.15, 0.2) is 23.0 Å². The lowest BCUT2D eigenvalue weighted by atomic mass is 10.1. The molecule has 0 spiro atoms. The second-order valence-electron chi connectivity index (χ2n) is 10.2. The number of benzene rings is 1. The molecule has 0 bridgehead atoms. The molecule has 1 aliphatic rings. The molecule has 1 atom stereocenters. The van der Waals surface area contributed by atoms with Gasteiger partial charge in [0.05, 0.1) is 29.2 Å². The van der Waals surface area contributed by atoms with Gasteiger partial charge in [0.2, 0.25) is 5.91 Å². The number of aromatic nitrogens is 2. The van der Waals surface area contributed by atoms with Gasteiger partial charge in [-0.3, -0.25) is 13.9 Å². The Morgan fingerprint density at radius 2 is 2.00 bits per heavy atom. The van der Waals surface area contributed by atoms with Crippen molar-refractivity contribution in [2.24, 2.45) is 7.05 Å². The third-order valence-electron chi connectivity index (χ3n) is 6.04. The average molecular weight is 499 g/mol. The highest BCUT2D eigenvalue weighted by Crippen LogP contribution is 2.23. The Balaban J connectivity index is 1.48. The highest BCUT2D eigenvalue weighted by molar-refractivity contribution is 5.83. The van der Waals surface area contributed by atoms with Crippen LogP contribution in [0.25, 0.3) is 11.0 Å². The monoisotopic (exact) mass is 498 g/mol. The Morgan fingerprint density at radius 1 is 1.22 bits per heavy atom. The summed E-state index contributed by atoms with van der Waals surface area (Å²) in [6, 6.07) is 5.71. The van der Waals surface area contributed by atoms with Gasteiger partial charge in [0.1, 0.15) is 5.60 Å². The van der Waals surface area contributed by atoms with E-state index in [1.807, 2.05) is 39.0 Å². The minimum atomic E-state index is -0.492. The average Bonchev–Trinajstić information content (AvgIpc) is 3.08. The van der Waals surface area contributed by atoms with Crippen molar-refractivity contribution in [1.29, 1.82) is 0 Å². The van der Waals surface area contributed by atoms with Crippen LogP contribution >= 0.6 is 0 Å². The third-order valence-corrected chi connectivity index (χ3v) is 6.04. The van der Waals surface area contributed by atoms with Crippen molar-refractivity contribution < 1.29 is 19.1 Å². The molecule has 9 heteroatoms. The lowest BCUT2D eigenvalue weighted by Crippen LogP contribution is -2.39. The van der Waals surface area contributed by atoms with E-state index in [9.17, 15) is 14.4 Å². The van der Waals surface area contributed by atoms with Crippen molar-refractivity contribution in [2.45, 2.75) is 64.5 Å². The summed E-state index contributed by atoms with van der Waals surface area (Å²) in [4.78, 5) is 38.1. The Bertz CT molecular complexity index is 1180. The van der Waals surface area contributed by atoms with Crippen LogP contribution in [0, 0.1) is 11.8 Å². The zero-order valence-electron chi connectivity index (χ0n) is 22.1. The van der Waals surface area contributed by atoms with Crippen LogP contribution in [0.2, 0.25) is 0 Å². The number of imidazole rings is 1. The Hall–Kier alpha value is -3.25. The molecule has 0 saturated carbocycles. The van der Waals surface area contributed by atoms with Gasteiger partial charge < -0.3 is 19.7 Å². The molecule has 36 heavy (non-hydrogen) atoms. The number of carbonyl (C=O) groups excluding carboxylic acids is 2. The molecule has 196 valence electrons. The lowest BCUT2D eigenvalue weighted by Gasteiger charge is -2.24. The smallest absolute Gasteiger partial charge is 0.410 e. The number of fused-ring (bicyclic) bond motifs is 1. The van der Waals surface area contributed by atoms with Gasteiger partial charge in [-0.2, -0.15) is 0 Å². The van der Waals surface area contributed by atoms with Crippen molar-refractivity contribution in [3.05, 3.63) is 34.2 Å².